The van der Waals surface area contributed by atoms with Crippen LogP contribution in [-0.2, 0) is 14.3 Å². The lowest BCUT2D eigenvalue weighted by Crippen LogP contribution is -2.30. The van der Waals surface area contributed by atoms with Gasteiger partial charge in [0.25, 0.3) is 11.6 Å². The molecule has 150 valence electrons. The summed E-state index contributed by atoms with van der Waals surface area (Å²) in [5, 5.41) is 18.7. The number of amides is 1. The van der Waals surface area contributed by atoms with E-state index in [1.807, 2.05) is 24.4 Å². The van der Waals surface area contributed by atoms with Crippen LogP contribution in [0.15, 0.2) is 35.7 Å². The Hall–Kier alpha value is -2.98. The molecule has 0 saturated heterocycles. The minimum atomic E-state index is -0.814. The normalized spacial score (nSPS) is 11.5. The molecule has 1 atom stereocenters. The predicted octanol–water partition coefficient (Wildman–Crippen LogP) is 2.75. The maximum atomic E-state index is 12.1. The van der Waals surface area contributed by atoms with E-state index in [-0.39, 0.29) is 23.0 Å². The van der Waals surface area contributed by atoms with Crippen molar-refractivity contribution < 1.29 is 24.0 Å². The lowest BCUT2D eigenvalue weighted by molar-refractivity contribution is -0.384. The fourth-order valence-corrected chi connectivity index (χ4v) is 3.09. The first-order chi connectivity index (χ1) is 13.4. The first-order valence-electron chi connectivity index (χ1n) is 8.43. The van der Waals surface area contributed by atoms with Gasteiger partial charge in [0.05, 0.1) is 23.1 Å². The Morgan fingerprint density at radius 2 is 2.11 bits per heavy atom. The van der Waals surface area contributed by atoms with E-state index in [1.54, 1.807) is 0 Å². The summed E-state index contributed by atoms with van der Waals surface area (Å²) in [6, 6.07) is 7.50. The Kier molecular flexibility index (Phi) is 7.90. The predicted molar refractivity (Wildman–Crippen MR) is 105 cm³/mol. The van der Waals surface area contributed by atoms with Gasteiger partial charge in [-0.25, -0.2) is 4.79 Å². The molecule has 0 radical (unpaired) electrons. The van der Waals surface area contributed by atoms with Gasteiger partial charge in [-0.05, 0) is 30.5 Å². The van der Waals surface area contributed by atoms with Crippen molar-refractivity contribution in [2.45, 2.75) is 13.0 Å². The van der Waals surface area contributed by atoms with Crippen molar-refractivity contribution in [3.05, 3.63) is 56.3 Å². The quantitative estimate of drug-likeness (QED) is 0.269. The van der Waals surface area contributed by atoms with Crippen molar-refractivity contribution in [3.8, 4) is 0 Å². The molecule has 0 saturated carbocycles. The van der Waals surface area contributed by atoms with Gasteiger partial charge in [-0.1, -0.05) is 6.07 Å². The van der Waals surface area contributed by atoms with Gasteiger partial charge in [-0.3, -0.25) is 14.9 Å². The molecule has 0 unspecified atom stereocenters. The highest BCUT2D eigenvalue weighted by Crippen LogP contribution is 2.26. The molecule has 10 heteroatoms. The molecule has 9 nitrogen and oxygen atoms in total. The molecule has 2 aromatic rings. The zero-order chi connectivity index (χ0) is 20.5. The van der Waals surface area contributed by atoms with Crippen LogP contribution in [0.5, 0.6) is 0 Å². The Morgan fingerprint density at radius 1 is 1.32 bits per heavy atom. The van der Waals surface area contributed by atoms with Gasteiger partial charge in [0.2, 0.25) is 0 Å². The number of carbonyl (C=O) groups is 2. The molecule has 2 rings (SSSR count). The van der Waals surface area contributed by atoms with Gasteiger partial charge in [-0.15, -0.1) is 11.3 Å². The molecule has 1 heterocycles. The molecular formula is C18H21N3O6S. The third kappa shape index (κ3) is 6.03. The van der Waals surface area contributed by atoms with E-state index < -0.39 is 23.4 Å². The Balaban J connectivity index is 1.94. The van der Waals surface area contributed by atoms with Crippen LogP contribution >= 0.6 is 11.3 Å². The lowest BCUT2D eigenvalue weighted by Gasteiger charge is -2.12. The van der Waals surface area contributed by atoms with Crippen LogP contribution in [0.3, 0.4) is 0 Å². The smallest absolute Gasteiger partial charge is 0.338 e. The van der Waals surface area contributed by atoms with Gasteiger partial charge < -0.3 is 20.1 Å². The van der Waals surface area contributed by atoms with Crippen molar-refractivity contribution >= 4 is 34.6 Å². The van der Waals surface area contributed by atoms with Gasteiger partial charge in [-0.2, -0.15) is 0 Å². The zero-order valence-corrected chi connectivity index (χ0v) is 16.3. The van der Waals surface area contributed by atoms with Crippen molar-refractivity contribution in [1.29, 1.82) is 0 Å². The van der Waals surface area contributed by atoms with E-state index in [2.05, 4.69) is 10.6 Å². The topological polar surface area (TPSA) is 120 Å². The fraction of sp³-hybridized carbons (Fsp3) is 0.333. The number of methoxy groups -OCH3 is 1. The molecule has 28 heavy (non-hydrogen) atoms. The highest BCUT2D eigenvalue weighted by atomic mass is 32.1. The maximum Gasteiger partial charge on any atom is 0.338 e. The van der Waals surface area contributed by atoms with E-state index in [4.69, 9.17) is 9.47 Å². The second-order valence-corrected chi connectivity index (χ2v) is 6.77. The average Bonchev–Trinajstić information content (AvgIpc) is 3.21. The van der Waals surface area contributed by atoms with E-state index in [9.17, 15) is 19.7 Å². The Bertz CT molecular complexity index is 825. The maximum absolute atomic E-state index is 12.1. The summed E-state index contributed by atoms with van der Waals surface area (Å²) in [5.74, 6) is -1.27. The summed E-state index contributed by atoms with van der Waals surface area (Å²) in [6.07, 6.45) is 0. The molecule has 2 N–H and O–H groups in total. The summed E-state index contributed by atoms with van der Waals surface area (Å²) in [5.41, 5.74) is -0.00876. The number of rotatable bonds is 10. The summed E-state index contributed by atoms with van der Waals surface area (Å²) in [7, 11) is 1.52. The van der Waals surface area contributed by atoms with Crippen molar-refractivity contribution in [2.75, 3.05) is 32.2 Å². The molecule has 1 aromatic carbocycles. The number of esters is 1. The number of carbonyl (C=O) groups excluding carboxylic acids is 2. The van der Waals surface area contributed by atoms with Crippen LogP contribution in [-0.4, -0.2) is 43.7 Å². The number of nitro benzene ring substituents is 1. The molecular weight excluding hydrogens is 386 g/mol. The first kappa shape index (κ1) is 21.3. The van der Waals surface area contributed by atoms with Crippen LogP contribution in [0.25, 0.3) is 0 Å². The second-order valence-electron chi connectivity index (χ2n) is 5.79. The second kappa shape index (κ2) is 10.4. The van der Waals surface area contributed by atoms with Crippen molar-refractivity contribution in [1.82, 2.24) is 5.32 Å². The minimum absolute atomic E-state index is 0.0110. The molecule has 1 aromatic heterocycles. The lowest BCUT2D eigenvalue weighted by atomic mass is 10.1. The summed E-state index contributed by atoms with van der Waals surface area (Å²) >= 11 is 1.51. The third-order valence-electron chi connectivity index (χ3n) is 3.73. The fourth-order valence-electron chi connectivity index (χ4n) is 2.35. The third-order valence-corrected chi connectivity index (χ3v) is 4.79. The highest BCUT2D eigenvalue weighted by Gasteiger charge is 2.19. The number of ether oxygens (including phenoxy) is 2. The number of nitrogens with zero attached hydrogens (tertiary/aromatic N) is 1. The summed E-state index contributed by atoms with van der Waals surface area (Å²) in [4.78, 5) is 35.7. The standard InChI is InChI=1S/C18H21N3O6S/c1-12(16-4-3-9-28-16)20-17(22)11-27-18(23)13-5-6-14(19-7-8-26-2)15(10-13)21(24)25/h3-6,9-10,12,19H,7-8,11H2,1-2H3,(H,20,22)/t12-/m0/s1. The largest absolute Gasteiger partial charge is 0.452 e. The SMILES string of the molecule is COCCNc1ccc(C(=O)OCC(=O)N[C@@H](C)c2cccs2)cc1[N+](=O)[O-]. The van der Waals surface area contributed by atoms with Crippen molar-refractivity contribution in [3.63, 3.8) is 0 Å². The Labute approximate surface area is 165 Å². The number of thiophene rings is 1. The van der Waals surface area contributed by atoms with Crippen LogP contribution in [0.1, 0.15) is 28.2 Å². The molecule has 0 bridgehead atoms. The summed E-state index contributed by atoms with van der Waals surface area (Å²) in [6.45, 7) is 2.10. The van der Waals surface area contributed by atoms with Crippen LogP contribution in [0.2, 0.25) is 0 Å². The van der Waals surface area contributed by atoms with Crippen LogP contribution < -0.4 is 10.6 Å². The van der Waals surface area contributed by atoms with E-state index in [1.165, 1.54) is 30.6 Å². The van der Waals surface area contributed by atoms with Crippen molar-refractivity contribution in [2.24, 2.45) is 0 Å². The molecule has 1 amide bonds. The number of benzene rings is 1. The summed E-state index contributed by atoms with van der Waals surface area (Å²) < 4.78 is 9.86. The number of hydrogen-bond donors (Lipinski definition) is 2. The highest BCUT2D eigenvalue weighted by molar-refractivity contribution is 7.10. The van der Waals surface area contributed by atoms with Crippen LogP contribution in [0, 0.1) is 10.1 Å². The number of hydrogen-bond acceptors (Lipinski definition) is 8. The number of nitrogens with one attached hydrogen (secondary N) is 2. The zero-order valence-electron chi connectivity index (χ0n) is 15.5. The Morgan fingerprint density at radius 3 is 2.75 bits per heavy atom. The number of nitro groups is 1. The van der Waals surface area contributed by atoms with Gasteiger partial charge in [0, 0.05) is 24.6 Å². The van der Waals surface area contributed by atoms with E-state index in [0.29, 0.717) is 13.2 Å². The van der Waals surface area contributed by atoms with Gasteiger partial charge in [0.1, 0.15) is 5.69 Å². The molecule has 0 spiro atoms. The minimum Gasteiger partial charge on any atom is -0.452 e. The van der Waals surface area contributed by atoms with Crippen LogP contribution in [0.4, 0.5) is 11.4 Å². The van der Waals surface area contributed by atoms with Gasteiger partial charge in [0.15, 0.2) is 6.61 Å². The molecule has 0 aliphatic carbocycles. The average molecular weight is 407 g/mol. The molecule has 0 aliphatic rings. The molecule has 0 fully saturated rings. The van der Waals surface area contributed by atoms with E-state index in [0.717, 1.165) is 10.9 Å². The monoisotopic (exact) mass is 407 g/mol. The van der Waals surface area contributed by atoms with Gasteiger partial charge >= 0.3 is 5.97 Å². The molecule has 0 aliphatic heterocycles. The van der Waals surface area contributed by atoms with E-state index >= 15 is 0 Å². The number of anilines is 1. The first-order valence-corrected chi connectivity index (χ1v) is 9.31.